The molecule has 2 aromatic carbocycles. The van der Waals surface area contributed by atoms with Crippen LogP contribution in [0.2, 0.25) is 0 Å². The van der Waals surface area contributed by atoms with Gasteiger partial charge in [0.05, 0.1) is 30.3 Å². The van der Waals surface area contributed by atoms with Crippen LogP contribution in [0.15, 0.2) is 60.9 Å². The fraction of sp³-hybridized carbons (Fsp3) is 0.500. The first-order chi connectivity index (χ1) is 31.7. The lowest BCUT2D eigenvalue weighted by molar-refractivity contribution is -0.142. The number of amides is 6. The van der Waals surface area contributed by atoms with E-state index in [1.165, 1.54) is 4.90 Å². The van der Waals surface area contributed by atoms with Crippen LogP contribution in [-0.2, 0) is 51.2 Å². The van der Waals surface area contributed by atoms with Gasteiger partial charge in [-0.2, -0.15) is 12.6 Å². The Morgan fingerprint density at radius 1 is 0.687 bits per heavy atom. The van der Waals surface area contributed by atoms with Crippen molar-refractivity contribution in [3.8, 4) is 0 Å². The van der Waals surface area contributed by atoms with E-state index in [1.807, 2.05) is 68.6 Å². The molecule has 362 valence electrons. The predicted molar refractivity (Wildman–Crippen MR) is 257 cm³/mol. The number of ketones is 1. The molecule has 4 aromatic rings. The Hall–Kier alpha value is -6.21. The van der Waals surface area contributed by atoms with E-state index >= 15 is 0 Å². The number of Topliss-reactive ketones (excluding diaryl/α,β-unsaturated/α-hetero) is 1. The molecular weight excluding hydrogens is 879 g/mol. The van der Waals surface area contributed by atoms with E-state index in [1.54, 1.807) is 40.8 Å². The van der Waals surface area contributed by atoms with Crippen molar-refractivity contribution in [1.29, 1.82) is 0 Å². The predicted octanol–water partition coefficient (Wildman–Crippen LogP) is 2.52. The summed E-state index contributed by atoms with van der Waals surface area (Å²) in [4.78, 5) is 116. The zero-order chi connectivity index (χ0) is 49.1. The lowest BCUT2D eigenvalue weighted by atomic mass is 9.99. The number of fused-ring (bicyclic) bond motifs is 2. The number of nitrogens with zero attached hydrogens (tertiary/aromatic N) is 1. The molecule has 5 rings (SSSR count). The van der Waals surface area contributed by atoms with E-state index in [2.05, 4.69) is 54.5 Å². The monoisotopic (exact) mass is 943 g/mol. The quantitative estimate of drug-likeness (QED) is 0.0486. The number of nitrogens with one attached hydrogen (secondary N) is 8. The van der Waals surface area contributed by atoms with Gasteiger partial charge in [0.1, 0.15) is 24.2 Å². The Bertz CT molecular complexity index is 2430. The molecular formula is C48H65N9O9S. The molecule has 1 unspecified atom stereocenters. The summed E-state index contributed by atoms with van der Waals surface area (Å²) in [7, 11) is 0. The first-order valence-corrected chi connectivity index (χ1v) is 23.4. The van der Waals surface area contributed by atoms with E-state index in [9.17, 15) is 43.5 Å². The van der Waals surface area contributed by atoms with Crippen molar-refractivity contribution in [3.05, 3.63) is 72.1 Å². The minimum absolute atomic E-state index is 0.0220. The van der Waals surface area contributed by atoms with Crippen molar-refractivity contribution >= 4 is 81.6 Å². The van der Waals surface area contributed by atoms with Crippen LogP contribution in [0.5, 0.6) is 0 Å². The molecule has 0 spiro atoms. The van der Waals surface area contributed by atoms with Gasteiger partial charge in [0, 0.05) is 53.2 Å². The highest BCUT2D eigenvalue weighted by molar-refractivity contribution is 7.81. The van der Waals surface area contributed by atoms with Crippen LogP contribution in [-0.4, -0.2) is 128 Å². The van der Waals surface area contributed by atoms with E-state index in [0.29, 0.717) is 31.4 Å². The normalized spacial score (nSPS) is 16.6. The van der Waals surface area contributed by atoms with Crippen molar-refractivity contribution < 1.29 is 43.5 Å². The number of aromatic nitrogens is 2. The van der Waals surface area contributed by atoms with Gasteiger partial charge >= 0.3 is 5.97 Å². The van der Waals surface area contributed by atoms with Crippen LogP contribution in [0.25, 0.3) is 21.8 Å². The summed E-state index contributed by atoms with van der Waals surface area (Å²) in [6.45, 7) is 12.0. The molecule has 2 aromatic heterocycles. The van der Waals surface area contributed by atoms with Crippen LogP contribution in [0.1, 0.15) is 78.9 Å². The van der Waals surface area contributed by atoms with Gasteiger partial charge in [-0.05, 0) is 61.3 Å². The number of carbonyl (C=O) groups is 8. The fourth-order valence-electron chi connectivity index (χ4n) is 8.40. The summed E-state index contributed by atoms with van der Waals surface area (Å²) in [6, 6.07) is 8.39. The SMILES string of the molecule is CC(C)N[C@@H](Cc1c[nH]c2ccccc12)C(=O)N[C@H](C(=O)N[C@@H](CC(=O)O)C(=O)NCC(=O)N[C@@H](Cc1c[nH]c2ccccc12)C(=O)N[C@H](C(=O)N1CCC[C@H]1C(=O)C(C)S)C(C)C)C(C)C. The third kappa shape index (κ3) is 13.7. The molecule has 67 heavy (non-hydrogen) atoms. The van der Waals surface area contributed by atoms with Gasteiger partial charge in [-0.15, -0.1) is 0 Å². The van der Waals surface area contributed by atoms with Gasteiger partial charge in [-0.3, -0.25) is 38.4 Å². The highest BCUT2D eigenvalue weighted by atomic mass is 32.1. The number of aromatic amines is 2. The highest BCUT2D eigenvalue weighted by Gasteiger charge is 2.40. The number of likely N-dealkylation sites (tertiary alicyclic amines) is 1. The van der Waals surface area contributed by atoms with E-state index in [0.717, 1.165) is 27.4 Å². The number of H-pyrrole nitrogens is 2. The van der Waals surface area contributed by atoms with Crippen molar-refractivity contribution in [1.82, 2.24) is 46.8 Å². The molecule has 0 radical (unpaired) electrons. The number of hydrogen-bond donors (Lipinski definition) is 10. The number of aliphatic carboxylic acids is 1. The molecule has 1 fully saturated rings. The summed E-state index contributed by atoms with van der Waals surface area (Å²) in [5.41, 5.74) is 3.27. The average molecular weight is 944 g/mol. The number of hydrogen-bond acceptors (Lipinski definition) is 10. The maximum atomic E-state index is 14.2. The highest BCUT2D eigenvalue weighted by Crippen LogP contribution is 2.24. The minimum atomic E-state index is -1.65. The largest absolute Gasteiger partial charge is 0.481 e. The Kier molecular flexibility index (Phi) is 18.2. The molecule has 1 aliphatic rings. The molecule has 0 aliphatic carbocycles. The number of benzene rings is 2. The molecule has 19 heteroatoms. The van der Waals surface area contributed by atoms with Gasteiger partial charge in [0.15, 0.2) is 5.78 Å². The number of thiol groups is 1. The van der Waals surface area contributed by atoms with E-state index in [-0.39, 0.29) is 18.2 Å². The number of para-hydroxylation sites is 2. The lowest BCUT2D eigenvalue weighted by Crippen LogP contribution is -2.59. The fourth-order valence-corrected chi connectivity index (χ4v) is 8.57. The maximum Gasteiger partial charge on any atom is 0.305 e. The smallest absolute Gasteiger partial charge is 0.305 e. The number of carbonyl (C=O) groups excluding carboxylic acids is 7. The molecule has 0 saturated carbocycles. The second-order valence-electron chi connectivity index (χ2n) is 18.2. The molecule has 6 amide bonds. The topological polar surface area (TPSA) is 264 Å². The molecule has 3 heterocycles. The average Bonchev–Trinajstić information content (AvgIpc) is 4.04. The second kappa shape index (κ2) is 23.5. The summed E-state index contributed by atoms with van der Waals surface area (Å²) < 4.78 is 0. The summed E-state index contributed by atoms with van der Waals surface area (Å²) >= 11 is 4.29. The van der Waals surface area contributed by atoms with Crippen molar-refractivity contribution in [3.63, 3.8) is 0 Å². The summed E-state index contributed by atoms with van der Waals surface area (Å²) in [5, 5.41) is 27.3. The Morgan fingerprint density at radius 2 is 1.22 bits per heavy atom. The molecule has 1 saturated heterocycles. The molecule has 9 N–H and O–H groups in total. The van der Waals surface area contributed by atoms with E-state index < -0.39 is 108 Å². The van der Waals surface area contributed by atoms with Gasteiger partial charge in [-0.25, -0.2) is 0 Å². The van der Waals surface area contributed by atoms with Crippen LogP contribution < -0.4 is 31.9 Å². The molecule has 18 nitrogen and oxygen atoms in total. The zero-order valence-electron chi connectivity index (χ0n) is 39.1. The lowest BCUT2D eigenvalue weighted by Gasteiger charge is -2.32. The van der Waals surface area contributed by atoms with Crippen LogP contribution >= 0.6 is 12.6 Å². The van der Waals surface area contributed by atoms with Crippen molar-refractivity contribution in [2.75, 3.05) is 13.1 Å². The minimum Gasteiger partial charge on any atom is -0.481 e. The number of carboxylic acids is 1. The van der Waals surface area contributed by atoms with Gasteiger partial charge in [0.2, 0.25) is 35.4 Å². The second-order valence-corrected chi connectivity index (χ2v) is 19.0. The Labute approximate surface area is 395 Å². The standard InChI is InChI=1S/C48H65N9O9S/c1-25(2)41(55-45(63)35(52-27(5)6)19-29-22-49-33-15-10-8-13-31(29)33)47(65)54-37(21-40(59)60)44(62)51-24-39(58)53-36(20-30-23-50-34-16-11-9-14-32(30)34)46(64)56-42(26(3)4)48(66)57-18-12-17-38(57)43(61)28(7)67/h8-11,13-16,22-23,25-28,35-38,41-42,49-50,52,67H,12,17-21,24H2,1-7H3,(H,51,62)(H,53,58)(H,54,65)(H,55,63)(H,56,64)(H,59,60)/t28?,35-,36-,37-,38-,41-,42-/m0/s1. The van der Waals surface area contributed by atoms with Gasteiger partial charge in [0.25, 0.3) is 0 Å². The molecule has 0 bridgehead atoms. The van der Waals surface area contributed by atoms with Crippen molar-refractivity contribution in [2.24, 2.45) is 11.8 Å². The third-order valence-corrected chi connectivity index (χ3v) is 12.1. The Morgan fingerprint density at radius 3 is 1.76 bits per heavy atom. The first kappa shape index (κ1) is 51.8. The number of rotatable bonds is 23. The van der Waals surface area contributed by atoms with Crippen LogP contribution in [0, 0.1) is 11.8 Å². The van der Waals surface area contributed by atoms with Crippen LogP contribution in [0.4, 0.5) is 0 Å². The van der Waals surface area contributed by atoms with Gasteiger partial charge in [-0.1, -0.05) is 77.9 Å². The molecule has 7 atom stereocenters. The van der Waals surface area contributed by atoms with Crippen LogP contribution in [0.3, 0.4) is 0 Å². The third-order valence-electron chi connectivity index (χ3n) is 11.9. The Balaban J connectivity index is 1.28. The number of carboxylic acid groups (broad SMARTS) is 1. The van der Waals surface area contributed by atoms with Gasteiger partial charge < -0.3 is 51.9 Å². The van der Waals surface area contributed by atoms with E-state index in [4.69, 9.17) is 0 Å². The summed E-state index contributed by atoms with van der Waals surface area (Å²) in [5.74, 6) is -6.70. The van der Waals surface area contributed by atoms with Crippen molar-refractivity contribution in [2.45, 2.75) is 128 Å². The molecule has 1 aliphatic heterocycles. The zero-order valence-corrected chi connectivity index (χ0v) is 40.0. The summed E-state index contributed by atoms with van der Waals surface area (Å²) in [6.07, 6.45) is 4.06. The first-order valence-electron chi connectivity index (χ1n) is 22.8. The maximum absolute atomic E-state index is 14.2.